The molecule has 1 amide bonds. The van der Waals surface area contributed by atoms with Gasteiger partial charge in [0, 0.05) is 37.1 Å². The summed E-state index contributed by atoms with van der Waals surface area (Å²) in [5.74, 6) is 0.247. The lowest BCUT2D eigenvalue weighted by Gasteiger charge is -2.55. The Labute approximate surface area is 124 Å². The van der Waals surface area contributed by atoms with Gasteiger partial charge in [0.25, 0.3) is 0 Å². The SMILES string of the molecule is CCCN(C(=O)CCC(C)N)C1CC(OCC)C1(C)C. The number of amides is 1. The normalized spacial score (nSPS) is 25.9. The molecule has 3 atom stereocenters. The van der Waals surface area contributed by atoms with E-state index in [0.717, 1.165) is 32.4 Å². The minimum atomic E-state index is 0.0508. The molecular formula is C16H32N2O2. The second-order valence-electron chi connectivity index (χ2n) is 6.62. The molecule has 0 spiro atoms. The minimum absolute atomic E-state index is 0.0508. The Hall–Kier alpha value is -0.610. The number of hydrogen-bond acceptors (Lipinski definition) is 3. The first kappa shape index (κ1) is 17.4. The van der Waals surface area contributed by atoms with Gasteiger partial charge in [-0.2, -0.15) is 0 Å². The van der Waals surface area contributed by atoms with E-state index in [9.17, 15) is 4.79 Å². The monoisotopic (exact) mass is 284 g/mol. The van der Waals surface area contributed by atoms with E-state index in [2.05, 4.69) is 25.7 Å². The van der Waals surface area contributed by atoms with E-state index in [4.69, 9.17) is 10.5 Å². The summed E-state index contributed by atoms with van der Waals surface area (Å²) in [4.78, 5) is 14.5. The van der Waals surface area contributed by atoms with Gasteiger partial charge in [-0.25, -0.2) is 0 Å². The number of hydrogen-bond donors (Lipinski definition) is 1. The van der Waals surface area contributed by atoms with Crippen molar-refractivity contribution in [3.8, 4) is 0 Å². The van der Waals surface area contributed by atoms with Crippen LogP contribution in [0.1, 0.15) is 60.3 Å². The highest BCUT2D eigenvalue weighted by Gasteiger charge is 2.52. The van der Waals surface area contributed by atoms with Gasteiger partial charge in [-0.15, -0.1) is 0 Å². The summed E-state index contributed by atoms with van der Waals surface area (Å²) in [5.41, 5.74) is 5.81. The molecule has 118 valence electrons. The Kier molecular flexibility index (Phi) is 6.46. The lowest BCUT2D eigenvalue weighted by Crippen LogP contribution is -2.63. The van der Waals surface area contributed by atoms with Gasteiger partial charge < -0.3 is 15.4 Å². The molecule has 1 aliphatic rings. The van der Waals surface area contributed by atoms with Gasteiger partial charge in [0.05, 0.1) is 6.10 Å². The predicted molar refractivity (Wildman–Crippen MR) is 82.5 cm³/mol. The van der Waals surface area contributed by atoms with Crippen molar-refractivity contribution >= 4 is 5.91 Å². The van der Waals surface area contributed by atoms with E-state index in [0.29, 0.717) is 12.5 Å². The van der Waals surface area contributed by atoms with Crippen LogP contribution in [0.15, 0.2) is 0 Å². The molecule has 0 heterocycles. The van der Waals surface area contributed by atoms with Crippen LogP contribution in [0.2, 0.25) is 0 Å². The molecule has 0 aromatic heterocycles. The van der Waals surface area contributed by atoms with Gasteiger partial charge in [-0.05, 0) is 33.1 Å². The highest BCUT2D eigenvalue weighted by molar-refractivity contribution is 5.76. The summed E-state index contributed by atoms with van der Waals surface area (Å²) in [6, 6.07) is 0.396. The van der Waals surface area contributed by atoms with Gasteiger partial charge >= 0.3 is 0 Å². The zero-order valence-corrected chi connectivity index (χ0v) is 13.8. The van der Waals surface area contributed by atoms with Crippen LogP contribution in [0.5, 0.6) is 0 Å². The topological polar surface area (TPSA) is 55.6 Å². The fourth-order valence-corrected chi connectivity index (χ4v) is 3.07. The zero-order chi connectivity index (χ0) is 15.3. The van der Waals surface area contributed by atoms with Crippen molar-refractivity contribution in [2.24, 2.45) is 11.1 Å². The fourth-order valence-electron chi connectivity index (χ4n) is 3.07. The first-order valence-electron chi connectivity index (χ1n) is 8.01. The molecule has 4 nitrogen and oxygen atoms in total. The maximum Gasteiger partial charge on any atom is 0.222 e. The second-order valence-corrected chi connectivity index (χ2v) is 6.62. The van der Waals surface area contributed by atoms with Crippen LogP contribution in [0.4, 0.5) is 0 Å². The molecule has 1 fully saturated rings. The van der Waals surface area contributed by atoms with Crippen LogP contribution in [0.25, 0.3) is 0 Å². The standard InChI is InChI=1S/C16H32N2O2/c1-6-10-18(15(19)9-8-12(3)17)13-11-14(20-7-2)16(13,4)5/h12-14H,6-11,17H2,1-5H3. The maximum absolute atomic E-state index is 12.5. The summed E-state index contributed by atoms with van der Waals surface area (Å²) in [6.45, 7) is 12.1. The third kappa shape index (κ3) is 3.95. The van der Waals surface area contributed by atoms with E-state index in [-0.39, 0.29) is 23.5 Å². The quantitative estimate of drug-likeness (QED) is 0.745. The van der Waals surface area contributed by atoms with Crippen molar-refractivity contribution < 1.29 is 9.53 Å². The van der Waals surface area contributed by atoms with Crippen molar-refractivity contribution in [2.45, 2.75) is 78.5 Å². The molecular weight excluding hydrogens is 252 g/mol. The summed E-state index contributed by atoms with van der Waals surface area (Å²) in [7, 11) is 0. The molecule has 0 aromatic carbocycles. The average molecular weight is 284 g/mol. The molecule has 0 saturated heterocycles. The molecule has 1 aliphatic carbocycles. The van der Waals surface area contributed by atoms with Gasteiger partial charge in [0.15, 0.2) is 0 Å². The molecule has 4 heteroatoms. The Balaban J connectivity index is 2.65. The Morgan fingerprint density at radius 3 is 2.55 bits per heavy atom. The third-order valence-corrected chi connectivity index (χ3v) is 4.47. The fraction of sp³-hybridized carbons (Fsp3) is 0.938. The number of carbonyl (C=O) groups excluding carboxylic acids is 1. The van der Waals surface area contributed by atoms with Crippen LogP contribution < -0.4 is 5.73 Å². The molecule has 0 aromatic rings. The number of ether oxygens (including phenoxy) is 1. The number of rotatable bonds is 8. The van der Waals surface area contributed by atoms with Crippen LogP contribution in [0.3, 0.4) is 0 Å². The molecule has 0 bridgehead atoms. The number of nitrogens with zero attached hydrogens (tertiary/aromatic N) is 1. The van der Waals surface area contributed by atoms with Crippen molar-refractivity contribution in [3.05, 3.63) is 0 Å². The summed E-state index contributed by atoms with van der Waals surface area (Å²) >= 11 is 0. The highest BCUT2D eigenvalue weighted by atomic mass is 16.5. The Morgan fingerprint density at radius 1 is 1.45 bits per heavy atom. The van der Waals surface area contributed by atoms with Crippen LogP contribution in [-0.4, -0.2) is 42.1 Å². The highest BCUT2D eigenvalue weighted by Crippen LogP contribution is 2.46. The van der Waals surface area contributed by atoms with Gasteiger partial charge in [-0.3, -0.25) is 4.79 Å². The van der Waals surface area contributed by atoms with Crippen molar-refractivity contribution in [1.82, 2.24) is 4.90 Å². The smallest absolute Gasteiger partial charge is 0.222 e. The number of carbonyl (C=O) groups is 1. The van der Waals surface area contributed by atoms with Gasteiger partial charge in [-0.1, -0.05) is 20.8 Å². The molecule has 2 N–H and O–H groups in total. The summed E-state index contributed by atoms with van der Waals surface area (Å²) in [5, 5.41) is 0. The molecule has 1 rings (SSSR count). The molecule has 1 saturated carbocycles. The molecule has 20 heavy (non-hydrogen) atoms. The summed E-state index contributed by atoms with van der Waals surface area (Å²) in [6.07, 6.45) is 3.56. The van der Waals surface area contributed by atoms with Gasteiger partial charge in [0.1, 0.15) is 0 Å². The van der Waals surface area contributed by atoms with E-state index in [1.54, 1.807) is 0 Å². The van der Waals surface area contributed by atoms with Gasteiger partial charge in [0.2, 0.25) is 5.91 Å². The lowest BCUT2D eigenvalue weighted by molar-refractivity contribution is -0.167. The predicted octanol–water partition coefficient (Wildman–Crippen LogP) is 2.56. The van der Waals surface area contributed by atoms with Crippen LogP contribution >= 0.6 is 0 Å². The maximum atomic E-state index is 12.5. The van der Waals surface area contributed by atoms with Crippen molar-refractivity contribution in [1.29, 1.82) is 0 Å². The average Bonchev–Trinajstić information content (AvgIpc) is 2.38. The first-order chi connectivity index (χ1) is 9.34. The van der Waals surface area contributed by atoms with Crippen LogP contribution in [0, 0.1) is 5.41 Å². The minimum Gasteiger partial charge on any atom is -0.378 e. The first-order valence-corrected chi connectivity index (χ1v) is 8.01. The molecule has 0 aliphatic heterocycles. The lowest BCUT2D eigenvalue weighted by atomic mass is 9.63. The Morgan fingerprint density at radius 2 is 2.10 bits per heavy atom. The number of nitrogens with two attached hydrogens (primary N) is 1. The molecule has 0 radical (unpaired) electrons. The molecule has 3 unspecified atom stereocenters. The third-order valence-electron chi connectivity index (χ3n) is 4.47. The summed E-state index contributed by atoms with van der Waals surface area (Å²) < 4.78 is 5.77. The van der Waals surface area contributed by atoms with E-state index in [1.807, 2.05) is 13.8 Å². The van der Waals surface area contributed by atoms with Crippen molar-refractivity contribution in [3.63, 3.8) is 0 Å². The van der Waals surface area contributed by atoms with E-state index >= 15 is 0 Å². The van der Waals surface area contributed by atoms with Crippen LogP contribution in [-0.2, 0) is 9.53 Å². The second kappa shape index (κ2) is 7.41. The zero-order valence-electron chi connectivity index (χ0n) is 13.8. The van der Waals surface area contributed by atoms with Crippen molar-refractivity contribution in [2.75, 3.05) is 13.2 Å². The Bertz CT molecular complexity index is 316. The van der Waals surface area contributed by atoms with E-state index in [1.165, 1.54) is 0 Å². The van der Waals surface area contributed by atoms with E-state index < -0.39 is 0 Å². The largest absolute Gasteiger partial charge is 0.378 e.